The molecule has 0 atom stereocenters. The van der Waals surface area contributed by atoms with Crippen molar-refractivity contribution in [3.63, 3.8) is 0 Å². The quantitative estimate of drug-likeness (QED) is 0.609. The lowest BCUT2D eigenvalue weighted by molar-refractivity contribution is -0.127. The standard InChI is InChI=1S/C19H23NO3.3C2H6/c1-12-10-16(6-7-17(12)21)23-19-13(2)8-15(9-14(19)3)11-18(22)20(4)5;3*1-2/h6-10,21H,11H2,1-5H3;3*1-2H3. The molecule has 2 rings (SSSR count). The molecule has 0 heterocycles. The number of carbonyl (C=O) groups is 1. The Hall–Kier alpha value is -2.49. The van der Waals surface area contributed by atoms with E-state index in [4.69, 9.17) is 4.74 Å². The summed E-state index contributed by atoms with van der Waals surface area (Å²) < 4.78 is 5.98. The number of phenols is 1. The second kappa shape index (κ2) is 15.4. The molecule has 2 aromatic rings. The molecule has 1 N–H and O–H groups in total. The fourth-order valence-corrected chi connectivity index (χ4v) is 2.45. The Morgan fingerprint density at radius 3 is 1.76 bits per heavy atom. The second-order valence-electron chi connectivity index (χ2n) is 6.07. The lowest BCUT2D eigenvalue weighted by Crippen LogP contribution is -2.23. The predicted octanol–water partition coefficient (Wildman–Crippen LogP) is 6.82. The summed E-state index contributed by atoms with van der Waals surface area (Å²) in [4.78, 5) is 13.4. The van der Waals surface area contributed by atoms with Crippen LogP contribution < -0.4 is 4.74 Å². The molecule has 29 heavy (non-hydrogen) atoms. The van der Waals surface area contributed by atoms with Crippen molar-refractivity contribution in [2.75, 3.05) is 14.1 Å². The molecule has 4 heteroatoms. The molecule has 0 radical (unpaired) electrons. The molecule has 0 bridgehead atoms. The van der Waals surface area contributed by atoms with Crippen molar-refractivity contribution in [3.05, 3.63) is 52.6 Å². The van der Waals surface area contributed by atoms with Crippen LogP contribution in [0, 0.1) is 20.8 Å². The fourth-order valence-electron chi connectivity index (χ4n) is 2.45. The van der Waals surface area contributed by atoms with E-state index in [-0.39, 0.29) is 11.7 Å². The Balaban J connectivity index is 0. The highest BCUT2D eigenvalue weighted by Crippen LogP contribution is 2.32. The van der Waals surface area contributed by atoms with E-state index in [2.05, 4.69) is 0 Å². The van der Waals surface area contributed by atoms with Gasteiger partial charge in [0, 0.05) is 14.1 Å². The minimum Gasteiger partial charge on any atom is -0.508 e. The molecular weight excluding hydrogens is 362 g/mol. The summed E-state index contributed by atoms with van der Waals surface area (Å²) >= 11 is 0. The van der Waals surface area contributed by atoms with Gasteiger partial charge < -0.3 is 14.7 Å². The van der Waals surface area contributed by atoms with Gasteiger partial charge in [-0.3, -0.25) is 4.79 Å². The number of aromatic hydroxyl groups is 1. The molecule has 0 aliphatic heterocycles. The second-order valence-corrected chi connectivity index (χ2v) is 6.07. The number of ether oxygens (including phenoxy) is 1. The van der Waals surface area contributed by atoms with Gasteiger partial charge in [-0.15, -0.1) is 0 Å². The number of rotatable bonds is 4. The third kappa shape index (κ3) is 9.51. The number of phenolic OH excluding ortho intramolecular Hbond substituents is 1. The lowest BCUT2D eigenvalue weighted by atomic mass is 10.0. The van der Waals surface area contributed by atoms with Gasteiger partial charge in [0.2, 0.25) is 5.91 Å². The molecule has 0 aliphatic carbocycles. The third-order valence-electron chi connectivity index (χ3n) is 3.76. The number of hydrogen-bond donors (Lipinski definition) is 1. The molecule has 0 aromatic heterocycles. The van der Waals surface area contributed by atoms with Crippen LogP contribution in [0.3, 0.4) is 0 Å². The molecule has 4 nitrogen and oxygen atoms in total. The van der Waals surface area contributed by atoms with Gasteiger partial charge in [-0.25, -0.2) is 0 Å². The largest absolute Gasteiger partial charge is 0.508 e. The Kier molecular flexibility index (Phi) is 15.3. The van der Waals surface area contributed by atoms with E-state index in [9.17, 15) is 9.90 Å². The van der Waals surface area contributed by atoms with Crippen LogP contribution in [0.4, 0.5) is 0 Å². The monoisotopic (exact) mass is 403 g/mol. The van der Waals surface area contributed by atoms with Gasteiger partial charge in [-0.05, 0) is 61.2 Å². The first kappa shape index (κ1) is 28.7. The Labute approximate surface area is 178 Å². The van der Waals surface area contributed by atoms with Gasteiger partial charge in [0.1, 0.15) is 17.2 Å². The van der Waals surface area contributed by atoms with Crippen LogP contribution in [-0.4, -0.2) is 30.0 Å². The highest BCUT2D eigenvalue weighted by atomic mass is 16.5. The summed E-state index contributed by atoms with van der Waals surface area (Å²) in [5.41, 5.74) is 3.72. The van der Waals surface area contributed by atoms with E-state index in [1.165, 1.54) is 0 Å². The fraction of sp³-hybridized carbons (Fsp3) is 0.480. The summed E-state index contributed by atoms with van der Waals surface area (Å²) in [5.74, 6) is 1.80. The maximum atomic E-state index is 11.9. The number of benzene rings is 2. The van der Waals surface area contributed by atoms with Crippen molar-refractivity contribution in [1.82, 2.24) is 4.90 Å². The highest BCUT2D eigenvalue weighted by Gasteiger charge is 2.12. The van der Waals surface area contributed by atoms with E-state index in [1.54, 1.807) is 37.2 Å². The molecule has 0 saturated carbocycles. The lowest BCUT2D eigenvalue weighted by Gasteiger charge is -2.15. The Morgan fingerprint density at radius 1 is 0.862 bits per heavy atom. The van der Waals surface area contributed by atoms with Gasteiger partial charge in [0.15, 0.2) is 0 Å². The summed E-state index contributed by atoms with van der Waals surface area (Å²) in [7, 11) is 3.51. The predicted molar refractivity (Wildman–Crippen MR) is 125 cm³/mol. The zero-order chi connectivity index (χ0) is 23.1. The SMILES string of the molecule is CC.CC.CC.Cc1cc(Oc2c(C)cc(CC(=O)N(C)C)cc2C)ccc1O. The topological polar surface area (TPSA) is 49.8 Å². The number of carbonyl (C=O) groups excluding carboxylic acids is 1. The van der Waals surface area contributed by atoms with Crippen LogP contribution in [0.25, 0.3) is 0 Å². The van der Waals surface area contributed by atoms with Crippen LogP contribution in [0.15, 0.2) is 30.3 Å². The molecule has 0 unspecified atom stereocenters. The first-order valence-electron chi connectivity index (χ1n) is 10.6. The Bertz CT molecular complexity index is 714. The summed E-state index contributed by atoms with van der Waals surface area (Å²) in [6.45, 7) is 17.8. The van der Waals surface area contributed by atoms with Gasteiger partial charge in [0.05, 0.1) is 6.42 Å². The molecule has 0 saturated heterocycles. The molecule has 1 amide bonds. The minimum atomic E-state index is 0.0756. The zero-order valence-electron chi connectivity index (χ0n) is 20.3. The number of hydrogen-bond acceptors (Lipinski definition) is 3. The van der Waals surface area contributed by atoms with E-state index in [0.29, 0.717) is 12.2 Å². The van der Waals surface area contributed by atoms with Crippen molar-refractivity contribution in [3.8, 4) is 17.2 Å². The van der Waals surface area contributed by atoms with Crippen LogP contribution in [0.1, 0.15) is 63.8 Å². The van der Waals surface area contributed by atoms with Crippen molar-refractivity contribution in [2.24, 2.45) is 0 Å². The van der Waals surface area contributed by atoms with E-state index < -0.39 is 0 Å². The molecular formula is C25H41NO3. The van der Waals surface area contributed by atoms with Crippen molar-refractivity contribution >= 4 is 5.91 Å². The van der Waals surface area contributed by atoms with E-state index in [1.807, 2.05) is 74.4 Å². The molecule has 0 aliphatic rings. The molecule has 164 valence electrons. The molecule has 0 fully saturated rings. The van der Waals surface area contributed by atoms with Crippen LogP contribution >= 0.6 is 0 Å². The maximum Gasteiger partial charge on any atom is 0.226 e. The third-order valence-corrected chi connectivity index (χ3v) is 3.76. The van der Waals surface area contributed by atoms with Gasteiger partial charge in [-0.2, -0.15) is 0 Å². The average molecular weight is 404 g/mol. The minimum absolute atomic E-state index is 0.0756. The normalized spacial score (nSPS) is 8.93. The zero-order valence-corrected chi connectivity index (χ0v) is 20.3. The summed E-state index contributed by atoms with van der Waals surface area (Å²) in [6.07, 6.45) is 0.382. The van der Waals surface area contributed by atoms with Gasteiger partial charge >= 0.3 is 0 Å². The number of amides is 1. The number of likely N-dealkylation sites (N-methyl/N-ethyl adjacent to an activating group) is 1. The van der Waals surface area contributed by atoms with E-state index in [0.717, 1.165) is 28.0 Å². The summed E-state index contributed by atoms with van der Waals surface area (Å²) in [6, 6.07) is 9.13. The smallest absolute Gasteiger partial charge is 0.226 e. The molecule has 0 spiro atoms. The Morgan fingerprint density at radius 2 is 1.34 bits per heavy atom. The van der Waals surface area contributed by atoms with Crippen molar-refractivity contribution in [1.29, 1.82) is 0 Å². The van der Waals surface area contributed by atoms with Crippen molar-refractivity contribution < 1.29 is 14.6 Å². The average Bonchev–Trinajstić information content (AvgIpc) is 2.72. The first-order chi connectivity index (χ1) is 13.8. The van der Waals surface area contributed by atoms with Crippen LogP contribution in [-0.2, 0) is 11.2 Å². The van der Waals surface area contributed by atoms with Gasteiger partial charge in [0.25, 0.3) is 0 Å². The van der Waals surface area contributed by atoms with Crippen molar-refractivity contribution in [2.45, 2.75) is 68.7 Å². The van der Waals surface area contributed by atoms with Gasteiger partial charge in [-0.1, -0.05) is 53.7 Å². The van der Waals surface area contributed by atoms with Crippen LogP contribution in [0.2, 0.25) is 0 Å². The van der Waals surface area contributed by atoms with Crippen LogP contribution in [0.5, 0.6) is 17.2 Å². The first-order valence-corrected chi connectivity index (χ1v) is 10.6. The molecule has 2 aromatic carbocycles. The number of aryl methyl sites for hydroxylation is 3. The summed E-state index contributed by atoms with van der Waals surface area (Å²) in [5, 5.41) is 9.59. The highest BCUT2D eigenvalue weighted by molar-refractivity contribution is 5.78. The maximum absolute atomic E-state index is 11.9. The van der Waals surface area contributed by atoms with E-state index >= 15 is 0 Å². The number of nitrogens with zero attached hydrogens (tertiary/aromatic N) is 1.